The molecule has 7 heteroatoms. The standard InChI is InChI=1S/C24H20F3NO3/c25-24(26,27)19-9-6-17(7-10-19)8-15-22(29)23(30)28-20-11-13-21(14-12-20)31-16-18-4-2-1-3-5-18/h1-7,9-14H,8,15-16H2,(H,28,30). The number of amides is 1. The number of Topliss-reactive ketones (excluding diaryl/α,β-unsaturated/α-hetero) is 1. The van der Waals surface area contributed by atoms with E-state index in [9.17, 15) is 22.8 Å². The molecule has 160 valence electrons. The number of carbonyl (C=O) groups excluding carboxylic acids is 2. The van der Waals surface area contributed by atoms with E-state index >= 15 is 0 Å². The van der Waals surface area contributed by atoms with Crippen molar-refractivity contribution in [2.45, 2.75) is 25.6 Å². The molecule has 3 aromatic carbocycles. The maximum atomic E-state index is 12.6. The summed E-state index contributed by atoms with van der Waals surface area (Å²) in [4.78, 5) is 24.1. The molecule has 0 atom stereocenters. The van der Waals surface area contributed by atoms with E-state index in [2.05, 4.69) is 5.32 Å². The fourth-order valence-corrected chi connectivity index (χ4v) is 2.81. The third kappa shape index (κ3) is 6.70. The van der Waals surface area contributed by atoms with E-state index in [1.54, 1.807) is 24.3 Å². The molecule has 31 heavy (non-hydrogen) atoms. The number of anilines is 1. The lowest BCUT2D eigenvalue weighted by Crippen LogP contribution is -2.23. The topological polar surface area (TPSA) is 55.4 Å². The molecular weight excluding hydrogens is 407 g/mol. The Morgan fingerprint density at radius 3 is 2.06 bits per heavy atom. The highest BCUT2D eigenvalue weighted by Gasteiger charge is 2.29. The number of rotatable bonds is 8. The molecule has 0 aromatic heterocycles. The Balaban J connectivity index is 1.46. The van der Waals surface area contributed by atoms with Crippen LogP contribution in [0, 0.1) is 0 Å². The summed E-state index contributed by atoms with van der Waals surface area (Å²) in [7, 11) is 0. The van der Waals surface area contributed by atoms with Crippen LogP contribution in [-0.2, 0) is 28.8 Å². The number of hydrogen-bond acceptors (Lipinski definition) is 3. The first-order valence-electron chi connectivity index (χ1n) is 9.58. The number of hydrogen-bond donors (Lipinski definition) is 1. The zero-order chi connectivity index (χ0) is 22.3. The highest BCUT2D eigenvalue weighted by atomic mass is 19.4. The third-order valence-electron chi connectivity index (χ3n) is 4.54. The lowest BCUT2D eigenvalue weighted by Gasteiger charge is -2.09. The maximum absolute atomic E-state index is 12.6. The fraction of sp³-hybridized carbons (Fsp3) is 0.167. The van der Waals surface area contributed by atoms with Gasteiger partial charge in [0.1, 0.15) is 12.4 Å². The second-order valence-electron chi connectivity index (χ2n) is 6.87. The SMILES string of the molecule is O=C(CCc1ccc(C(F)(F)F)cc1)C(=O)Nc1ccc(OCc2ccccc2)cc1. The van der Waals surface area contributed by atoms with Gasteiger partial charge in [0, 0.05) is 12.1 Å². The number of alkyl halides is 3. The molecule has 1 N–H and O–H groups in total. The first-order valence-corrected chi connectivity index (χ1v) is 9.58. The maximum Gasteiger partial charge on any atom is 0.416 e. The minimum absolute atomic E-state index is 0.102. The molecule has 0 aliphatic heterocycles. The van der Waals surface area contributed by atoms with E-state index in [4.69, 9.17) is 4.74 Å². The Bertz CT molecular complexity index is 1010. The van der Waals surface area contributed by atoms with Gasteiger partial charge < -0.3 is 10.1 Å². The summed E-state index contributed by atoms with van der Waals surface area (Å²) >= 11 is 0. The summed E-state index contributed by atoms with van der Waals surface area (Å²) in [6, 6.07) is 20.8. The van der Waals surface area contributed by atoms with Crippen molar-refractivity contribution in [2.75, 3.05) is 5.32 Å². The predicted octanol–water partition coefficient (Wildman–Crippen LogP) is 5.42. The molecule has 0 aliphatic carbocycles. The van der Waals surface area contributed by atoms with E-state index in [0.717, 1.165) is 17.7 Å². The van der Waals surface area contributed by atoms with Crippen LogP contribution in [0.15, 0.2) is 78.9 Å². The summed E-state index contributed by atoms with van der Waals surface area (Å²) < 4.78 is 43.4. The lowest BCUT2D eigenvalue weighted by molar-refractivity contribution is -0.137. The molecule has 3 aromatic rings. The van der Waals surface area contributed by atoms with E-state index in [-0.39, 0.29) is 12.8 Å². The number of halogens is 3. The van der Waals surface area contributed by atoms with Gasteiger partial charge >= 0.3 is 6.18 Å². The molecule has 1 amide bonds. The van der Waals surface area contributed by atoms with E-state index in [1.165, 1.54) is 12.1 Å². The summed E-state index contributed by atoms with van der Waals surface area (Å²) in [5.74, 6) is -0.801. The Labute approximate surface area is 177 Å². The number of aryl methyl sites for hydroxylation is 1. The van der Waals surface area contributed by atoms with Gasteiger partial charge in [0.25, 0.3) is 5.91 Å². The molecule has 0 bridgehead atoms. The van der Waals surface area contributed by atoms with Crippen LogP contribution in [0.4, 0.5) is 18.9 Å². The van der Waals surface area contributed by atoms with Crippen LogP contribution in [0.5, 0.6) is 5.75 Å². The zero-order valence-electron chi connectivity index (χ0n) is 16.5. The Kier molecular flexibility index (Phi) is 7.07. The van der Waals surface area contributed by atoms with Gasteiger partial charge in [-0.25, -0.2) is 0 Å². The van der Waals surface area contributed by atoms with E-state index < -0.39 is 23.4 Å². The molecule has 0 heterocycles. The Morgan fingerprint density at radius 1 is 0.806 bits per heavy atom. The van der Waals surface area contributed by atoms with Crippen LogP contribution >= 0.6 is 0 Å². The smallest absolute Gasteiger partial charge is 0.416 e. The van der Waals surface area contributed by atoms with Gasteiger partial charge in [-0.3, -0.25) is 9.59 Å². The van der Waals surface area contributed by atoms with Crippen molar-refractivity contribution in [1.82, 2.24) is 0 Å². The largest absolute Gasteiger partial charge is 0.489 e. The van der Waals surface area contributed by atoms with Gasteiger partial charge in [-0.1, -0.05) is 42.5 Å². The molecule has 0 spiro atoms. The van der Waals surface area contributed by atoms with Gasteiger partial charge in [-0.05, 0) is 53.9 Å². The second-order valence-corrected chi connectivity index (χ2v) is 6.87. The highest BCUT2D eigenvalue weighted by Crippen LogP contribution is 2.29. The number of ether oxygens (including phenoxy) is 1. The van der Waals surface area contributed by atoms with E-state index in [0.29, 0.717) is 23.6 Å². The van der Waals surface area contributed by atoms with Crippen molar-refractivity contribution in [2.24, 2.45) is 0 Å². The second kappa shape index (κ2) is 9.93. The van der Waals surface area contributed by atoms with Gasteiger partial charge in [-0.2, -0.15) is 13.2 Å². The minimum Gasteiger partial charge on any atom is -0.489 e. The lowest BCUT2D eigenvalue weighted by atomic mass is 10.1. The average Bonchev–Trinajstić information content (AvgIpc) is 2.77. The first-order chi connectivity index (χ1) is 14.8. The van der Waals surface area contributed by atoms with Crippen LogP contribution in [0.3, 0.4) is 0 Å². The summed E-state index contributed by atoms with van der Waals surface area (Å²) in [6.45, 7) is 0.412. The Hall–Kier alpha value is -3.61. The van der Waals surface area contributed by atoms with Crippen LogP contribution in [-0.4, -0.2) is 11.7 Å². The molecule has 4 nitrogen and oxygen atoms in total. The quantitative estimate of drug-likeness (QED) is 0.488. The molecular formula is C24H20F3NO3. The monoisotopic (exact) mass is 427 g/mol. The highest BCUT2D eigenvalue weighted by molar-refractivity contribution is 6.40. The van der Waals surface area contributed by atoms with Crippen molar-refractivity contribution in [1.29, 1.82) is 0 Å². The van der Waals surface area contributed by atoms with Crippen LogP contribution < -0.4 is 10.1 Å². The Morgan fingerprint density at radius 2 is 1.45 bits per heavy atom. The van der Waals surface area contributed by atoms with Gasteiger partial charge in [0.15, 0.2) is 0 Å². The van der Waals surface area contributed by atoms with Crippen molar-refractivity contribution in [3.63, 3.8) is 0 Å². The number of nitrogens with one attached hydrogen (secondary N) is 1. The fourth-order valence-electron chi connectivity index (χ4n) is 2.81. The van der Waals surface area contributed by atoms with E-state index in [1.807, 2.05) is 30.3 Å². The molecule has 0 aliphatic rings. The van der Waals surface area contributed by atoms with Crippen molar-refractivity contribution < 1.29 is 27.5 Å². The summed E-state index contributed by atoms with van der Waals surface area (Å²) in [5, 5.41) is 2.52. The molecule has 0 fully saturated rings. The summed E-state index contributed by atoms with van der Waals surface area (Å²) in [5.41, 5.74) is 1.27. The predicted molar refractivity (Wildman–Crippen MR) is 111 cm³/mol. The van der Waals surface area contributed by atoms with Crippen LogP contribution in [0.25, 0.3) is 0 Å². The van der Waals surface area contributed by atoms with Crippen molar-refractivity contribution >= 4 is 17.4 Å². The van der Waals surface area contributed by atoms with Crippen LogP contribution in [0.2, 0.25) is 0 Å². The minimum atomic E-state index is -4.41. The third-order valence-corrected chi connectivity index (χ3v) is 4.54. The molecule has 0 radical (unpaired) electrons. The van der Waals surface area contributed by atoms with Gasteiger partial charge in [0.05, 0.1) is 5.56 Å². The first kappa shape index (κ1) is 22.1. The zero-order valence-corrected chi connectivity index (χ0v) is 16.5. The number of benzene rings is 3. The number of carbonyl (C=O) groups is 2. The average molecular weight is 427 g/mol. The summed E-state index contributed by atoms with van der Waals surface area (Å²) in [6.07, 6.45) is -4.33. The van der Waals surface area contributed by atoms with Gasteiger partial charge in [-0.15, -0.1) is 0 Å². The number of ketones is 1. The van der Waals surface area contributed by atoms with Crippen LogP contribution in [0.1, 0.15) is 23.1 Å². The van der Waals surface area contributed by atoms with Crippen molar-refractivity contribution in [3.8, 4) is 5.75 Å². The van der Waals surface area contributed by atoms with Gasteiger partial charge in [0.2, 0.25) is 5.78 Å². The van der Waals surface area contributed by atoms with Crippen molar-refractivity contribution in [3.05, 3.63) is 95.6 Å². The molecule has 0 unspecified atom stereocenters. The molecule has 3 rings (SSSR count). The normalized spacial score (nSPS) is 11.1. The molecule has 0 saturated heterocycles. The molecule has 0 saturated carbocycles.